The highest BCUT2D eigenvalue weighted by Crippen LogP contribution is 2.26. The van der Waals surface area contributed by atoms with Crippen LogP contribution < -0.4 is 5.73 Å². The average molecular weight is 325 g/mol. The predicted octanol–water partition coefficient (Wildman–Crippen LogP) is 2.71. The Balaban J connectivity index is 2.07. The first-order valence-corrected chi connectivity index (χ1v) is 7.59. The van der Waals surface area contributed by atoms with Gasteiger partial charge in [-0.25, -0.2) is 0 Å². The van der Waals surface area contributed by atoms with Gasteiger partial charge in [-0.2, -0.15) is 0 Å². The molecule has 1 aliphatic heterocycles. The molecule has 0 saturated heterocycles. The number of carbonyl (C=O) groups excluding carboxylic acids is 1. The van der Waals surface area contributed by atoms with Crippen LogP contribution in [0.3, 0.4) is 0 Å². The molecule has 0 fully saturated rings. The summed E-state index contributed by atoms with van der Waals surface area (Å²) in [6.45, 7) is 5.63. The van der Waals surface area contributed by atoms with Gasteiger partial charge in [0, 0.05) is 17.6 Å². The lowest BCUT2D eigenvalue weighted by molar-refractivity contribution is -0.133. The molecule has 0 aromatic heterocycles. The van der Waals surface area contributed by atoms with Crippen molar-refractivity contribution in [2.24, 2.45) is 11.7 Å². The monoisotopic (exact) mass is 324 g/mol. The molecule has 0 unspecified atom stereocenters. The maximum atomic E-state index is 12.3. The lowest BCUT2D eigenvalue weighted by atomic mass is 9.98. The van der Waals surface area contributed by atoms with Gasteiger partial charge in [-0.05, 0) is 36.0 Å². The van der Waals surface area contributed by atoms with Gasteiger partial charge in [-0.3, -0.25) is 4.79 Å². The fourth-order valence-electron chi connectivity index (χ4n) is 2.59. The molecular formula is C15H21BrN2O. The second-order valence-electron chi connectivity index (χ2n) is 5.62. The lowest BCUT2D eigenvalue weighted by Crippen LogP contribution is -2.46. The largest absolute Gasteiger partial charge is 0.337 e. The number of hydrogen-bond donors (Lipinski definition) is 1. The van der Waals surface area contributed by atoms with Gasteiger partial charge in [0.15, 0.2) is 0 Å². The Bertz CT molecular complexity index is 473. The van der Waals surface area contributed by atoms with Gasteiger partial charge in [0.1, 0.15) is 0 Å². The maximum Gasteiger partial charge on any atom is 0.239 e. The number of hydrogen-bond acceptors (Lipinski definition) is 2. The molecule has 2 N–H and O–H groups in total. The SMILES string of the molecule is CC(C)C[C@H](N)C(=O)N1CCc2c(Br)cccc2C1. The van der Waals surface area contributed by atoms with Crippen molar-refractivity contribution in [3.05, 3.63) is 33.8 Å². The molecule has 19 heavy (non-hydrogen) atoms. The zero-order valence-electron chi connectivity index (χ0n) is 11.5. The van der Waals surface area contributed by atoms with Crippen LogP contribution in [0.4, 0.5) is 0 Å². The number of fused-ring (bicyclic) bond motifs is 1. The molecule has 104 valence electrons. The summed E-state index contributed by atoms with van der Waals surface area (Å²) in [7, 11) is 0. The standard InChI is InChI=1S/C15H21BrN2O/c1-10(2)8-14(17)15(19)18-7-6-12-11(9-18)4-3-5-13(12)16/h3-5,10,14H,6-9,17H2,1-2H3/t14-/m0/s1. The van der Waals surface area contributed by atoms with Crippen molar-refractivity contribution < 1.29 is 4.79 Å². The third-order valence-corrected chi connectivity index (χ3v) is 4.31. The van der Waals surface area contributed by atoms with Crippen molar-refractivity contribution in [2.75, 3.05) is 6.54 Å². The zero-order valence-corrected chi connectivity index (χ0v) is 13.1. The van der Waals surface area contributed by atoms with Crippen molar-refractivity contribution >= 4 is 21.8 Å². The van der Waals surface area contributed by atoms with Gasteiger partial charge < -0.3 is 10.6 Å². The molecule has 1 heterocycles. The van der Waals surface area contributed by atoms with Crippen LogP contribution in [-0.2, 0) is 17.8 Å². The van der Waals surface area contributed by atoms with Crippen molar-refractivity contribution in [3.63, 3.8) is 0 Å². The third kappa shape index (κ3) is 3.37. The minimum Gasteiger partial charge on any atom is -0.337 e. The van der Waals surface area contributed by atoms with E-state index in [4.69, 9.17) is 5.73 Å². The summed E-state index contributed by atoms with van der Waals surface area (Å²) in [6.07, 6.45) is 1.65. The molecular weight excluding hydrogens is 304 g/mol. The van der Waals surface area contributed by atoms with Crippen molar-refractivity contribution in [2.45, 2.75) is 39.3 Å². The van der Waals surface area contributed by atoms with Crippen LogP contribution in [0.15, 0.2) is 22.7 Å². The first-order valence-electron chi connectivity index (χ1n) is 6.79. The molecule has 1 amide bonds. The number of benzene rings is 1. The summed E-state index contributed by atoms with van der Waals surface area (Å²) in [4.78, 5) is 14.2. The van der Waals surface area contributed by atoms with Gasteiger partial charge in [-0.15, -0.1) is 0 Å². The molecule has 1 aromatic carbocycles. The molecule has 0 spiro atoms. The van der Waals surface area contributed by atoms with Crippen LogP contribution in [0.2, 0.25) is 0 Å². The van der Waals surface area contributed by atoms with E-state index in [2.05, 4.69) is 41.9 Å². The predicted molar refractivity (Wildman–Crippen MR) is 80.7 cm³/mol. The molecule has 1 aromatic rings. The van der Waals surface area contributed by atoms with Crippen molar-refractivity contribution in [3.8, 4) is 0 Å². The Morgan fingerprint density at radius 3 is 2.89 bits per heavy atom. The molecule has 3 nitrogen and oxygen atoms in total. The van der Waals surface area contributed by atoms with Crippen LogP contribution in [0.5, 0.6) is 0 Å². The number of nitrogens with two attached hydrogens (primary N) is 1. The van der Waals surface area contributed by atoms with E-state index >= 15 is 0 Å². The molecule has 0 bridgehead atoms. The van der Waals surface area contributed by atoms with E-state index in [1.165, 1.54) is 11.1 Å². The first-order chi connectivity index (χ1) is 8.99. The quantitative estimate of drug-likeness (QED) is 0.929. The Hall–Kier alpha value is -0.870. The highest BCUT2D eigenvalue weighted by molar-refractivity contribution is 9.10. The van der Waals surface area contributed by atoms with Gasteiger partial charge in [0.25, 0.3) is 0 Å². The number of rotatable bonds is 3. The average Bonchev–Trinajstić information content (AvgIpc) is 2.37. The number of amides is 1. The molecule has 0 saturated carbocycles. The smallest absolute Gasteiger partial charge is 0.239 e. The van der Waals surface area contributed by atoms with E-state index in [9.17, 15) is 4.79 Å². The minimum absolute atomic E-state index is 0.0827. The summed E-state index contributed by atoms with van der Waals surface area (Å²) in [5.74, 6) is 0.532. The van der Waals surface area contributed by atoms with Crippen molar-refractivity contribution in [1.29, 1.82) is 0 Å². The zero-order chi connectivity index (χ0) is 14.0. The fraction of sp³-hybridized carbons (Fsp3) is 0.533. The van der Waals surface area contributed by atoms with E-state index in [0.29, 0.717) is 12.5 Å². The number of carbonyl (C=O) groups is 1. The molecule has 1 aliphatic rings. The maximum absolute atomic E-state index is 12.3. The summed E-state index contributed by atoms with van der Waals surface area (Å²) < 4.78 is 1.14. The van der Waals surface area contributed by atoms with Gasteiger partial charge in [0.2, 0.25) is 5.91 Å². The van der Waals surface area contributed by atoms with Crippen molar-refractivity contribution in [1.82, 2.24) is 4.90 Å². The molecule has 0 aliphatic carbocycles. The van der Waals surface area contributed by atoms with E-state index in [1.807, 2.05) is 11.0 Å². The highest BCUT2D eigenvalue weighted by atomic mass is 79.9. The molecule has 4 heteroatoms. The summed E-state index contributed by atoms with van der Waals surface area (Å²) in [6, 6.07) is 5.80. The second-order valence-corrected chi connectivity index (χ2v) is 6.48. The third-order valence-electron chi connectivity index (χ3n) is 3.56. The summed E-state index contributed by atoms with van der Waals surface area (Å²) >= 11 is 3.57. The van der Waals surface area contributed by atoms with Crippen LogP contribution >= 0.6 is 15.9 Å². The molecule has 2 rings (SSSR count). The fourth-order valence-corrected chi connectivity index (χ4v) is 3.20. The Morgan fingerprint density at radius 1 is 1.47 bits per heavy atom. The second kappa shape index (κ2) is 6.06. The van der Waals surface area contributed by atoms with Crippen LogP contribution in [0, 0.1) is 5.92 Å². The minimum atomic E-state index is -0.367. The van der Waals surface area contributed by atoms with E-state index in [1.54, 1.807) is 0 Å². The number of nitrogens with zero attached hydrogens (tertiary/aromatic N) is 1. The lowest BCUT2D eigenvalue weighted by Gasteiger charge is -2.31. The normalized spacial score (nSPS) is 16.4. The Kier molecular flexibility index (Phi) is 4.63. The van der Waals surface area contributed by atoms with E-state index in [0.717, 1.165) is 23.9 Å². The van der Waals surface area contributed by atoms with Gasteiger partial charge in [0.05, 0.1) is 6.04 Å². The highest BCUT2D eigenvalue weighted by Gasteiger charge is 2.26. The van der Waals surface area contributed by atoms with Crippen LogP contribution in [-0.4, -0.2) is 23.4 Å². The number of halogens is 1. The van der Waals surface area contributed by atoms with Crippen LogP contribution in [0.1, 0.15) is 31.4 Å². The Labute approximate surface area is 123 Å². The van der Waals surface area contributed by atoms with E-state index in [-0.39, 0.29) is 11.9 Å². The summed E-state index contributed by atoms with van der Waals surface area (Å²) in [5.41, 5.74) is 8.55. The topological polar surface area (TPSA) is 46.3 Å². The summed E-state index contributed by atoms with van der Waals surface area (Å²) in [5, 5.41) is 0. The Morgan fingerprint density at radius 2 is 2.21 bits per heavy atom. The van der Waals surface area contributed by atoms with E-state index < -0.39 is 0 Å². The van der Waals surface area contributed by atoms with Gasteiger partial charge >= 0.3 is 0 Å². The van der Waals surface area contributed by atoms with Gasteiger partial charge in [-0.1, -0.05) is 41.9 Å². The van der Waals surface area contributed by atoms with Crippen LogP contribution in [0.25, 0.3) is 0 Å². The molecule has 0 radical (unpaired) electrons. The molecule has 1 atom stereocenters. The first kappa shape index (κ1) is 14.5.